The molecule has 0 bridgehead atoms. The van der Waals surface area contributed by atoms with Gasteiger partial charge in [0, 0.05) is 16.1 Å². The van der Waals surface area contributed by atoms with E-state index in [-0.39, 0.29) is 0 Å². The molecule has 0 amide bonds. The van der Waals surface area contributed by atoms with Crippen molar-refractivity contribution in [3.8, 4) is 11.3 Å². The first-order chi connectivity index (χ1) is 12.6. The third-order valence-corrected chi connectivity index (χ3v) is 5.09. The number of nitrogen functional groups attached to an aromatic ring is 1. The summed E-state index contributed by atoms with van der Waals surface area (Å²) >= 11 is 1.60. The molecule has 2 aromatic carbocycles. The largest absolute Gasteiger partial charge is 0.380 e. The molecule has 0 aliphatic heterocycles. The molecule has 0 aliphatic carbocycles. The molecule has 2 heterocycles. The number of nitrogens with one attached hydrogen (secondary N) is 2. The number of hydrogen-bond acceptors (Lipinski definition) is 5. The first kappa shape index (κ1) is 16.5. The summed E-state index contributed by atoms with van der Waals surface area (Å²) < 4.78 is 3.40. The zero-order valence-electron chi connectivity index (χ0n) is 14.6. The van der Waals surface area contributed by atoms with Crippen LogP contribution in [0.3, 0.4) is 0 Å². The fourth-order valence-corrected chi connectivity index (χ4v) is 3.44. The van der Waals surface area contributed by atoms with Crippen molar-refractivity contribution in [2.45, 2.75) is 18.7 Å². The van der Waals surface area contributed by atoms with Crippen molar-refractivity contribution >= 4 is 34.5 Å². The number of benzene rings is 2. The topological polar surface area (TPSA) is 79.6 Å². The van der Waals surface area contributed by atoms with Gasteiger partial charge in [-0.2, -0.15) is 5.10 Å². The maximum Gasteiger partial charge on any atom is 0.171 e. The predicted octanol–water partition coefficient (Wildman–Crippen LogP) is 4.94. The lowest BCUT2D eigenvalue weighted by atomic mass is 10.0. The summed E-state index contributed by atoms with van der Waals surface area (Å²) in [4.78, 5) is 5.83. The van der Waals surface area contributed by atoms with Gasteiger partial charge in [0.2, 0.25) is 0 Å². The molecule has 0 atom stereocenters. The lowest BCUT2D eigenvalue weighted by Gasteiger charge is -2.10. The van der Waals surface area contributed by atoms with Crippen LogP contribution < -0.4 is 10.5 Å². The highest BCUT2D eigenvalue weighted by Gasteiger charge is 2.09. The Morgan fingerprint density at radius 1 is 1.00 bits per heavy atom. The van der Waals surface area contributed by atoms with E-state index in [4.69, 9.17) is 5.73 Å². The average Bonchev–Trinajstić information content (AvgIpc) is 3.02. The summed E-state index contributed by atoms with van der Waals surface area (Å²) in [5, 5.41) is 6.88. The molecule has 0 saturated heterocycles. The summed E-state index contributed by atoms with van der Waals surface area (Å²) in [5.41, 5.74) is 12.9. The zero-order chi connectivity index (χ0) is 18.1. The predicted molar refractivity (Wildman–Crippen MR) is 109 cm³/mol. The van der Waals surface area contributed by atoms with E-state index in [0.717, 1.165) is 28.0 Å². The van der Waals surface area contributed by atoms with Crippen molar-refractivity contribution in [1.82, 2.24) is 15.2 Å². The third kappa shape index (κ3) is 3.23. The van der Waals surface area contributed by atoms with Gasteiger partial charge in [-0.3, -0.25) is 5.10 Å². The molecule has 0 spiro atoms. The summed E-state index contributed by atoms with van der Waals surface area (Å²) in [6.07, 6.45) is 0. The standard InChI is InChI=1S/C20H19N5S/c1-12-3-6-15(7-4-12)26-25-14-5-8-16(13(2)11-14)17-9-10-18-19(22-17)20(21)24-23-18/h3-11,25H,1-2H3,(H3,21,23,24). The van der Waals surface area contributed by atoms with Crippen LogP contribution in [0.5, 0.6) is 0 Å². The second-order valence-corrected chi connectivity index (χ2v) is 7.13. The molecule has 0 saturated carbocycles. The summed E-state index contributed by atoms with van der Waals surface area (Å²) in [6.45, 7) is 4.17. The highest BCUT2D eigenvalue weighted by molar-refractivity contribution is 8.00. The minimum Gasteiger partial charge on any atom is -0.380 e. The molecular weight excluding hydrogens is 342 g/mol. The number of fused-ring (bicyclic) bond motifs is 1. The third-order valence-electron chi connectivity index (χ3n) is 4.24. The van der Waals surface area contributed by atoms with Crippen molar-refractivity contribution in [3.05, 3.63) is 65.7 Å². The minimum atomic E-state index is 0.423. The highest BCUT2D eigenvalue weighted by atomic mass is 32.2. The van der Waals surface area contributed by atoms with E-state index in [1.54, 1.807) is 11.9 Å². The Bertz CT molecular complexity index is 1070. The van der Waals surface area contributed by atoms with Crippen LogP contribution in [-0.4, -0.2) is 15.2 Å². The van der Waals surface area contributed by atoms with E-state index in [2.05, 4.69) is 76.2 Å². The van der Waals surface area contributed by atoms with Crippen LogP contribution in [-0.2, 0) is 0 Å². The number of aromatic amines is 1. The molecule has 130 valence electrons. The quantitative estimate of drug-likeness (QED) is 0.449. The SMILES string of the molecule is Cc1ccc(SNc2ccc(-c3ccc4[nH]nc(N)c4n3)c(C)c2)cc1. The molecular formula is C20H19N5S. The van der Waals surface area contributed by atoms with Gasteiger partial charge < -0.3 is 10.5 Å². The summed E-state index contributed by atoms with van der Waals surface area (Å²) in [7, 11) is 0. The van der Waals surface area contributed by atoms with Gasteiger partial charge in [-0.25, -0.2) is 4.98 Å². The van der Waals surface area contributed by atoms with E-state index in [9.17, 15) is 0 Å². The van der Waals surface area contributed by atoms with Gasteiger partial charge in [0.05, 0.1) is 11.2 Å². The average molecular weight is 361 g/mol. The molecule has 2 aromatic heterocycles. The molecule has 4 N–H and O–H groups in total. The van der Waals surface area contributed by atoms with Gasteiger partial charge in [-0.05, 0) is 67.8 Å². The Kier molecular flexibility index (Phi) is 4.26. The van der Waals surface area contributed by atoms with E-state index >= 15 is 0 Å². The first-order valence-electron chi connectivity index (χ1n) is 8.31. The Balaban J connectivity index is 1.56. The number of H-pyrrole nitrogens is 1. The van der Waals surface area contributed by atoms with Crippen LogP contribution in [0.15, 0.2) is 59.5 Å². The maximum absolute atomic E-state index is 5.87. The molecule has 6 heteroatoms. The number of aromatic nitrogens is 3. The number of nitrogens with two attached hydrogens (primary N) is 1. The fraction of sp³-hybridized carbons (Fsp3) is 0.100. The van der Waals surface area contributed by atoms with Gasteiger partial charge in [0.1, 0.15) is 5.52 Å². The van der Waals surface area contributed by atoms with E-state index in [1.807, 2.05) is 12.1 Å². The lowest BCUT2D eigenvalue weighted by molar-refractivity contribution is 1.13. The van der Waals surface area contributed by atoms with Crippen LogP contribution in [0.2, 0.25) is 0 Å². The molecule has 26 heavy (non-hydrogen) atoms. The summed E-state index contributed by atoms with van der Waals surface area (Å²) in [5.74, 6) is 0.423. The lowest BCUT2D eigenvalue weighted by Crippen LogP contribution is -1.92. The number of rotatable bonds is 4. The molecule has 4 rings (SSSR count). The second kappa shape index (κ2) is 6.72. The maximum atomic E-state index is 5.87. The minimum absolute atomic E-state index is 0.423. The first-order valence-corrected chi connectivity index (χ1v) is 9.13. The Hall–Kier alpha value is -2.99. The fourth-order valence-electron chi connectivity index (χ4n) is 2.81. The second-order valence-electron chi connectivity index (χ2n) is 6.25. The number of hydrogen-bond donors (Lipinski definition) is 3. The van der Waals surface area contributed by atoms with Crippen LogP contribution >= 0.6 is 11.9 Å². The smallest absolute Gasteiger partial charge is 0.171 e. The van der Waals surface area contributed by atoms with Crippen molar-refractivity contribution in [2.75, 3.05) is 10.5 Å². The molecule has 0 unspecified atom stereocenters. The Morgan fingerprint density at radius 3 is 2.58 bits per heavy atom. The molecule has 0 radical (unpaired) electrons. The van der Waals surface area contributed by atoms with Gasteiger partial charge in [0.25, 0.3) is 0 Å². The number of anilines is 2. The van der Waals surface area contributed by atoms with Crippen molar-refractivity contribution in [3.63, 3.8) is 0 Å². The number of aryl methyl sites for hydroxylation is 2. The Labute approximate surface area is 156 Å². The monoisotopic (exact) mass is 361 g/mol. The Morgan fingerprint density at radius 2 is 1.81 bits per heavy atom. The van der Waals surface area contributed by atoms with Crippen LogP contribution in [0, 0.1) is 13.8 Å². The van der Waals surface area contributed by atoms with E-state index in [1.165, 1.54) is 10.5 Å². The van der Waals surface area contributed by atoms with Crippen molar-refractivity contribution in [1.29, 1.82) is 0 Å². The van der Waals surface area contributed by atoms with E-state index < -0.39 is 0 Å². The van der Waals surface area contributed by atoms with Crippen LogP contribution in [0.4, 0.5) is 11.5 Å². The molecule has 4 aromatic rings. The molecule has 0 fully saturated rings. The highest BCUT2D eigenvalue weighted by Crippen LogP contribution is 2.29. The number of nitrogens with zero attached hydrogens (tertiary/aromatic N) is 2. The van der Waals surface area contributed by atoms with Gasteiger partial charge in [-0.15, -0.1) is 0 Å². The number of pyridine rings is 1. The van der Waals surface area contributed by atoms with Crippen molar-refractivity contribution < 1.29 is 0 Å². The van der Waals surface area contributed by atoms with Crippen molar-refractivity contribution in [2.24, 2.45) is 0 Å². The zero-order valence-corrected chi connectivity index (χ0v) is 15.4. The van der Waals surface area contributed by atoms with Crippen LogP contribution in [0.1, 0.15) is 11.1 Å². The molecule has 0 aliphatic rings. The van der Waals surface area contributed by atoms with Gasteiger partial charge in [-0.1, -0.05) is 23.8 Å². The van der Waals surface area contributed by atoms with Gasteiger partial charge >= 0.3 is 0 Å². The normalized spacial score (nSPS) is 11.0. The van der Waals surface area contributed by atoms with Crippen LogP contribution in [0.25, 0.3) is 22.3 Å². The van der Waals surface area contributed by atoms with Gasteiger partial charge in [0.15, 0.2) is 5.82 Å². The summed E-state index contributed by atoms with van der Waals surface area (Å²) in [6, 6.07) is 18.7. The van der Waals surface area contributed by atoms with E-state index in [0.29, 0.717) is 11.3 Å². The molecule has 5 nitrogen and oxygen atoms in total.